The largest absolute Gasteiger partial charge is 0.368 e. The number of amides is 1. The average Bonchev–Trinajstić information content (AvgIpc) is 2.79. The molecule has 1 amide bonds. The van der Waals surface area contributed by atoms with E-state index in [0.717, 1.165) is 28.0 Å². The minimum absolute atomic E-state index is 0.0557. The number of nitrogens with two attached hydrogens (primary N) is 1. The van der Waals surface area contributed by atoms with E-state index in [4.69, 9.17) is 10.7 Å². The van der Waals surface area contributed by atoms with E-state index < -0.39 is 0 Å². The van der Waals surface area contributed by atoms with Crippen molar-refractivity contribution in [3.05, 3.63) is 83.6 Å². The smallest absolute Gasteiger partial charge is 0.252 e. The lowest BCUT2D eigenvalue weighted by molar-refractivity contribution is 0.0900. The molecule has 1 atom stereocenters. The van der Waals surface area contributed by atoms with Crippen LogP contribution in [0.15, 0.2) is 66.7 Å². The first-order valence-corrected chi connectivity index (χ1v) is 10.5. The second-order valence-corrected chi connectivity index (χ2v) is 7.95. The number of nitrogens with zero attached hydrogens (tertiary/aromatic N) is 4. The number of hydrogen-bond acceptors (Lipinski definition) is 6. The zero-order valence-electron chi connectivity index (χ0n) is 18.4. The topological polar surface area (TPSA) is 97.0 Å². The number of nitrogen functional groups attached to an aromatic ring is 1. The molecular weight excluding hydrogens is 400 g/mol. The number of carbonyl (C=O) groups excluding carboxylic acids is 1. The lowest BCUT2D eigenvalue weighted by Gasteiger charge is -2.21. The van der Waals surface area contributed by atoms with E-state index in [1.54, 1.807) is 0 Å². The first-order chi connectivity index (χ1) is 15.4. The number of hydrogen-bond donors (Lipinski definition) is 2. The Bertz CT molecular complexity index is 1240. The zero-order chi connectivity index (χ0) is 22.7. The van der Waals surface area contributed by atoms with Crippen LogP contribution in [0, 0.1) is 0 Å². The maximum atomic E-state index is 12.5. The Morgan fingerprint density at radius 3 is 2.38 bits per heavy atom. The Morgan fingerprint density at radius 1 is 0.969 bits per heavy atom. The summed E-state index contributed by atoms with van der Waals surface area (Å²) in [5.41, 5.74) is 11.6. The van der Waals surface area contributed by atoms with Crippen molar-refractivity contribution in [2.24, 2.45) is 0 Å². The van der Waals surface area contributed by atoms with Gasteiger partial charge in [0, 0.05) is 17.5 Å². The van der Waals surface area contributed by atoms with Gasteiger partial charge in [-0.3, -0.25) is 9.69 Å². The molecule has 2 aromatic carbocycles. The van der Waals surface area contributed by atoms with Gasteiger partial charge in [0.1, 0.15) is 5.52 Å². The molecule has 162 valence electrons. The molecule has 2 aromatic heterocycles. The first kappa shape index (κ1) is 21.4. The van der Waals surface area contributed by atoms with Crippen LogP contribution in [-0.4, -0.2) is 46.0 Å². The number of anilines is 1. The molecule has 0 fully saturated rings. The summed E-state index contributed by atoms with van der Waals surface area (Å²) >= 11 is 0. The molecule has 3 N–H and O–H groups in total. The average molecular weight is 427 g/mol. The van der Waals surface area contributed by atoms with E-state index in [0.29, 0.717) is 17.5 Å². The van der Waals surface area contributed by atoms with Crippen molar-refractivity contribution in [3.63, 3.8) is 0 Å². The highest BCUT2D eigenvalue weighted by molar-refractivity contribution is 5.94. The van der Waals surface area contributed by atoms with Crippen molar-refractivity contribution in [2.75, 3.05) is 19.8 Å². The maximum absolute atomic E-state index is 12.5. The highest BCUT2D eigenvalue weighted by atomic mass is 16.1. The van der Waals surface area contributed by atoms with Gasteiger partial charge in [-0.2, -0.15) is 0 Å². The van der Waals surface area contributed by atoms with Crippen molar-refractivity contribution in [2.45, 2.75) is 19.5 Å². The molecule has 0 aliphatic rings. The van der Waals surface area contributed by atoms with Gasteiger partial charge in [0.05, 0.1) is 23.1 Å². The predicted octanol–water partition coefficient (Wildman–Crippen LogP) is 3.50. The van der Waals surface area contributed by atoms with E-state index in [9.17, 15) is 4.79 Å². The predicted molar refractivity (Wildman–Crippen MR) is 127 cm³/mol. The summed E-state index contributed by atoms with van der Waals surface area (Å²) in [6.45, 7) is 1.94. The van der Waals surface area contributed by atoms with Crippen LogP contribution in [0.1, 0.15) is 28.5 Å². The molecule has 2 heterocycles. The summed E-state index contributed by atoms with van der Waals surface area (Å²) in [5.74, 6) is 0.124. The van der Waals surface area contributed by atoms with E-state index in [-0.39, 0.29) is 18.0 Å². The maximum Gasteiger partial charge on any atom is 0.252 e. The van der Waals surface area contributed by atoms with Crippen molar-refractivity contribution in [3.8, 4) is 11.3 Å². The standard InChI is InChI=1S/C25H26N6O/c1-16(31(2)3)27-24(32)19-11-9-18(10-12-19)20-13-14-21-23(28-20)22(30-25(26)29-21)15-17-7-5-4-6-8-17/h4-14,16H,15H2,1-3H3,(H,27,32)(H2,26,29,30). The van der Waals surface area contributed by atoms with Crippen molar-refractivity contribution < 1.29 is 4.79 Å². The minimum atomic E-state index is -0.113. The van der Waals surface area contributed by atoms with Gasteiger partial charge >= 0.3 is 0 Å². The van der Waals surface area contributed by atoms with Crippen LogP contribution in [-0.2, 0) is 6.42 Å². The lowest BCUT2D eigenvalue weighted by atomic mass is 10.1. The quantitative estimate of drug-likeness (QED) is 0.458. The molecule has 0 aliphatic heterocycles. The summed E-state index contributed by atoms with van der Waals surface area (Å²) < 4.78 is 0. The fourth-order valence-electron chi connectivity index (χ4n) is 3.36. The molecule has 0 radical (unpaired) electrons. The normalized spacial score (nSPS) is 12.1. The molecule has 4 rings (SSSR count). The Kier molecular flexibility index (Phi) is 6.09. The molecule has 1 unspecified atom stereocenters. The van der Waals surface area contributed by atoms with E-state index >= 15 is 0 Å². The molecule has 0 spiro atoms. The molecular formula is C25H26N6O. The van der Waals surface area contributed by atoms with Crippen LogP contribution < -0.4 is 11.1 Å². The molecule has 32 heavy (non-hydrogen) atoms. The van der Waals surface area contributed by atoms with Gasteiger partial charge < -0.3 is 11.1 Å². The summed E-state index contributed by atoms with van der Waals surface area (Å²) in [4.78, 5) is 28.0. The number of benzene rings is 2. The fraction of sp³-hybridized carbons (Fsp3) is 0.200. The van der Waals surface area contributed by atoms with Crippen molar-refractivity contribution in [1.29, 1.82) is 0 Å². The molecule has 7 heteroatoms. The second-order valence-electron chi connectivity index (χ2n) is 7.95. The van der Waals surface area contributed by atoms with Gasteiger partial charge in [-0.05, 0) is 50.8 Å². The minimum Gasteiger partial charge on any atom is -0.368 e. The van der Waals surface area contributed by atoms with Crippen LogP contribution >= 0.6 is 0 Å². The van der Waals surface area contributed by atoms with Crippen LogP contribution in [0.4, 0.5) is 5.95 Å². The zero-order valence-corrected chi connectivity index (χ0v) is 18.4. The van der Waals surface area contributed by atoms with Crippen molar-refractivity contribution in [1.82, 2.24) is 25.2 Å². The van der Waals surface area contributed by atoms with Gasteiger partial charge in [0.2, 0.25) is 5.95 Å². The van der Waals surface area contributed by atoms with E-state index in [1.165, 1.54) is 0 Å². The Hall–Kier alpha value is -3.84. The highest BCUT2D eigenvalue weighted by Crippen LogP contribution is 2.24. The van der Waals surface area contributed by atoms with Gasteiger partial charge in [0.25, 0.3) is 5.91 Å². The SMILES string of the molecule is CC(NC(=O)c1ccc(-c2ccc3nc(N)nc(Cc4ccccc4)c3n2)cc1)N(C)C. The number of rotatable bonds is 6. The molecule has 0 saturated heterocycles. The molecule has 0 bridgehead atoms. The second kappa shape index (κ2) is 9.11. The van der Waals surface area contributed by atoms with Crippen LogP contribution in [0.3, 0.4) is 0 Å². The first-order valence-electron chi connectivity index (χ1n) is 10.5. The van der Waals surface area contributed by atoms with E-state index in [1.807, 2.05) is 80.5 Å². The monoisotopic (exact) mass is 426 g/mol. The summed E-state index contributed by atoms with van der Waals surface area (Å²) in [6.07, 6.45) is 0.559. The summed E-state index contributed by atoms with van der Waals surface area (Å²) in [7, 11) is 3.84. The molecule has 7 nitrogen and oxygen atoms in total. The summed E-state index contributed by atoms with van der Waals surface area (Å²) in [5, 5.41) is 2.96. The van der Waals surface area contributed by atoms with Gasteiger partial charge in [-0.1, -0.05) is 42.5 Å². The van der Waals surface area contributed by atoms with E-state index in [2.05, 4.69) is 27.4 Å². The Morgan fingerprint density at radius 2 is 1.69 bits per heavy atom. The third kappa shape index (κ3) is 4.73. The van der Waals surface area contributed by atoms with Crippen LogP contribution in [0.5, 0.6) is 0 Å². The Labute approximate surface area is 187 Å². The van der Waals surface area contributed by atoms with Gasteiger partial charge in [0.15, 0.2) is 0 Å². The molecule has 0 saturated carbocycles. The summed E-state index contributed by atoms with van der Waals surface area (Å²) in [6, 6.07) is 21.3. The molecule has 0 aliphatic carbocycles. The van der Waals surface area contributed by atoms with Gasteiger partial charge in [-0.25, -0.2) is 15.0 Å². The number of fused-ring (bicyclic) bond motifs is 1. The third-order valence-corrected chi connectivity index (χ3v) is 5.40. The number of nitrogens with one attached hydrogen (secondary N) is 1. The Balaban J connectivity index is 1.64. The number of aromatic nitrogens is 3. The van der Waals surface area contributed by atoms with Gasteiger partial charge in [-0.15, -0.1) is 0 Å². The fourth-order valence-corrected chi connectivity index (χ4v) is 3.36. The number of carbonyl (C=O) groups is 1. The highest BCUT2D eigenvalue weighted by Gasteiger charge is 2.13. The third-order valence-electron chi connectivity index (χ3n) is 5.40. The lowest BCUT2D eigenvalue weighted by Crippen LogP contribution is -2.42. The number of pyridine rings is 1. The van der Waals surface area contributed by atoms with Crippen LogP contribution in [0.25, 0.3) is 22.3 Å². The van der Waals surface area contributed by atoms with Crippen LogP contribution in [0.2, 0.25) is 0 Å². The molecule has 4 aromatic rings. The van der Waals surface area contributed by atoms with Crippen molar-refractivity contribution >= 4 is 22.9 Å².